The summed E-state index contributed by atoms with van der Waals surface area (Å²) in [5.41, 5.74) is 2.31. The highest BCUT2D eigenvalue weighted by atomic mass is 15.3. The molecule has 0 aromatic carbocycles. The lowest BCUT2D eigenvalue weighted by atomic mass is 10.3. The first-order valence-corrected chi connectivity index (χ1v) is 7.33. The normalized spacial score (nSPS) is 14.8. The van der Waals surface area contributed by atoms with Crippen LogP contribution in [-0.2, 0) is 13.1 Å². The molecule has 2 aromatic heterocycles. The van der Waals surface area contributed by atoms with E-state index in [0.29, 0.717) is 0 Å². The van der Waals surface area contributed by atoms with Gasteiger partial charge in [0.25, 0.3) is 0 Å². The maximum Gasteiger partial charge on any atom is 0.151 e. The van der Waals surface area contributed by atoms with Gasteiger partial charge in [-0.15, -0.1) is 0 Å². The molecule has 3 rings (SSSR count). The average molecular weight is 271 g/mol. The number of nitrogens with zero attached hydrogens (tertiary/aromatic N) is 4. The zero-order valence-corrected chi connectivity index (χ0v) is 11.9. The minimum absolute atomic E-state index is 0.778. The fraction of sp³-hybridized carbons (Fsp3) is 0.467. The summed E-state index contributed by atoms with van der Waals surface area (Å²) in [6.07, 6.45) is 6.25. The van der Waals surface area contributed by atoms with Gasteiger partial charge >= 0.3 is 0 Å². The molecule has 106 valence electrons. The van der Waals surface area contributed by atoms with Crippen molar-refractivity contribution in [1.82, 2.24) is 14.8 Å². The molecule has 3 heterocycles. The number of pyridine rings is 1. The molecule has 0 unspecified atom stereocenters. The molecule has 0 bridgehead atoms. The minimum atomic E-state index is 0.778. The van der Waals surface area contributed by atoms with Gasteiger partial charge in [-0.3, -0.25) is 4.68 Å². The van der Waals surface area contributed by atoms with Crippen LogP contribution in [0.5, 0.6) is 0 Å². The first-order valence-electron chi connectivity index (χ1n) is 7.33. The Morgan fingerprint density at radius 1 is 1.20 bits per heavy atom. The Balaban J connectivity index is 1.74. The van der Waals surface area contributed by atoms with Gasteiger partial charge in [0.1, 0.15) is 0 Å². The van der Waals surface area contributed by atoms with E-state index >= 15 is 0 Å². The van der Waals surface area contributed by atoms with E-state index in [9.17, 15) is 0 Å². The summed E-state index contributed by atoms with van der Waals surface area (Å²) >= 11 is 0. The number of aromatic nitrogens is 3. The molecular formula is C15H21N5. The largest absolute Gasteiger partial charge is 0.376 e. The summed E-state index contributed by atoms with van der Waals surface area (Å²) in [5, 5.41) is 7.80. The Kier molecular flexibility index (Phi) is 3.85. The van der Waals surface area contributed by atoms with Gasteiger partial charge in [0.15, 0.2) is 5.82 Å². The molecule has 5 nitrogen and oxygen atoms in total. The van der Waals surface area contributed by atoms with Crippen molar-refractivity contribution in [2.75, 3.05) is 23.3 Å². The maximum absolute atomic E-state index is 4.54. The fourth-order valence-corrected chi connectivity index (χ4v) is 2.70. The number of nitrogens with one attached hydrogen (secondary N) is 1. The van der Waals surface area contributed by atoms with Crippen molar-refractivity contribution in [2.24, 2.45) is 0 Å². The van der Waals surface area contributed by atoms with Gasteiger partial charge in [0, 0.05) is 32.0 Å². The summed E-state index contributed by atoms with van der Waals surface area (Å²) in [6, 6.07) is 6.15. The van der Waals surface area contributed by atoms with Gasteiger partial charge in [-0.2, -0.15) is 5.10 Å². The second-order valence-electron chi connectivity index (χ2n) is 5.06. The Morgan fingerprint density at radius 2 is 2.05 bits per heavy atom. The number of hydrogen-bond donors (Lipinski definition) is 1. The molecule has 1 N–H and O–H groups in total. The van der Waals surface area contributed by atoms with Gasteiger partial charge in [-0.1, -0.05) is 0 Å². The van der Waals surface area contributed by atoms with Crippen LogP contribution < -0.4 is 10.2 Å². The first-order chi connectivity index (χ1) is 9.88. The lowest BCUT2D eigenvalue weighted by molar-refractivity contribution is 0.627. The summed E-state index contributed by atoms with van der Waals surface area (Å²) in [5.74, 6) is 1.08. The van der Waals surface area contributed by atoms with Crippen LogP contribution in [0.4, 0.5) is 11.5 Å². The SMILES string of the molecule is CCn1nccc1CNc1cccnc1N1CCCC1. The Hall–Kier alpha value is -2.04. The molecule has 20 heavy (non-hydrogen) atoms. The van der Waals surface area contributed by atoms with E-state index in [1.165, 1.54) is 18.5 Å². The van der Waals surface area contributed by atoms with Crippen LogP contribution in [0.3, 0.4) is 0 Å². The highest BCUT2D eigenvalue weighted by Gasteiger charge is 2.16. The first kappa shape index (κ1) is 13.0. The molecule has 1 saturated heterocycles. The summed E-state index contributed by atoms with van der Waals surface area (Å²) < 4.78 is 2.01. The van der Waals surface area contributed by atoms with Gasteiger partial charge in [-0.05, 0) is 38.0 Å². The Labute approximate surface area is 119 Å². The number of hydrogen-bond acceptors (Lipinski definition) is 4. The predicted octanol–water partition coefficient (Wildman–Crippen LogP) is 2.51. The van der Waals surface area contributed by atoms with E-state index in [1.54, 1.807) is 0 Å². The molecule has 0 amide bonds. The quantitative estimate of drug-likeness (QED) is 0.907. The van der Waals surface area contributed by atoms with Crippen LogP contribution in [0.2, 0.25) is 0 Å². The molecular weight excluding hydrogens is 250 g/mol. The molecule has 1 aliphatic heterocycles. The summed E-state index contributed by atoms with van der Waals surface area (Å²) in [6.45, 7) is 6.00. The molecule has 1 aliphatic rings. The highest BCUT2D eigenvalue weighted by molar-refractivity contribution is 5.65. The number of aryl methyl sites for hydroxylation is 1. The van der Waals surface area contributed by atoms with Crippen molar-refractivity contribution in [3.8, 4) is 0 Å². The Bertz CT molecular complexity index is 557. The topological polar surface area (TPSA) is 46.0 Å². The molecule has 0 aliphatic carbocycles. The van der Waals surface area contributed by atoms with Gasteiger partial charge in [0.05, 0.1) is 17.9 Å². The van der Waals surface area contributed by atoms with Crippen molar-refractivity contribution >= 4 is 11.5 Å². The van der Waals surface area contributed by atoms with Crippen molar-refractivity contribution in [2.45, 2.75) is 32.9 Å². The average Bonchev–Trinajstić information content (AvgIpc) is 3.16. The van der Waals surface area contributed by atoms with Crippen LogP contribution >= 0.6 is 0 Å². The van der Waals surface area contributed by atoms with E-state index < -0.39 is 0 Å². The van der Waals surface area contributed by atoms with E-state index in [2.05, 4.69) is 39.4 Å². The van der Waals surface area contributed by atoms with Crippen LogP contribution in [0.15, 0.2) is 30.6 Å². The lowest BCUT2D eigenvalue weighted by Gasteiger charge is -2.20. The van der Waals surface area contributed by atoms with Crippen molar-refractivity contribution in [3.05, 3.63) is 36.3 Å². The fourth-order valence-electron chi connectivity index (χ4n) is 2.70. The van der Waals surface area contributed by atoms with Gasteiger partial charge in [0.2, 0.25) is 0 Å². The zero-order valence-electron chi connectivity index (χ0n) is 11.9. The van der Waals surface area contributed by atoms with Crippen LogP contribution in [0.25, 0.3) is 0 Å². The smallest absolute Gasteiger partial charge is 0.151 e. The van der Waals surface area contributed by atoms with Crippen LogP contribution in [0.1, 0.15) is 25.5 Å². The number of anilines is 2. The van der Waals surface area contributed by atoms with E-state index in [4.69, 9.17) is 0 Å². The summed E-state index contributed by atoms with van der Waals surface area (Å²) in [7, 11) is 0. The second kappa shape index (κ2) is 5.94. The second-order valence-corrected chi connectivity index (χ2v) is 5.06. The minimum Gasteiger partial charge on any atom is -0.376 e. The lowest BCUT2D eigenvalue weighted by Crippen LogP contribution is -2.20. The molecule has 2 aromatic rings. The zero-order chi connectivity index (χ0) is 13.8. The van der Waals surface area contributed by atoms with Gasteiger partial charge in [-0.25, -0.2) is 4.98 Å². The van der Waals surface area contributed by atoms with E-state index in [-0.39, 0.29) is 0 Å². The third-order valence-electron chi connectivity index (χ3n) is 3.76. The van der Waals surface area contributed by atoms with Crippen molar-refractivity contribution < 1.29 is 0 Å². The van der Waals surface area contributed by atoms with Crippen molar-refractivity contribution in [3.63, 3.8) is 0 Å². The highest BCUT2D eigenvalue weighted by Crippen LogP contribution is 2.26. The molecule has 5 heteroatoms. The third kappa shape index (κ3) is 2.61. The van der Waals surface area contributed by atoms with E-state index in [1.807, 2.05) is 23.1 Å². The van der Waals surface area contributed by atoms with Crippen molar-refractivity contribution in [1.29, 1.82) is 0 Å². The predicted molar refractivity (Wildman–Crippen MR) is 80.9 cm³/mol. The monoisotopic (exact) mass is 271 g/mol. The molecule has 0 saturated carbocycles. The molecule has 1 fully saturated rings. The summed E-state index contributed by atoms with van der Waals surface area (Å²) in [4.78, 5) is 6.90. The van der Waals surface area contributed by atoms with Crippen LogP contribution in [0, 0.1) is 0 Å². The third-order valence-corrected chi connectivity index (χ3v) is 3.76. The van der Waals surface area contributed by atoms with Gasteiger partial charge < -0.3 is 10.2 Å². The maximum atomic E-state index is 4.54. The number of rotatable bonds is 5. The van der Waals surface area contributed by atoms with E-state index in [0.717, 1.165) is 37.7 Å². The Morgan fingerprint density at radius 3 is 2.85 bits per heavy atom. The molecule has 0 radical (unpaired) electrons. The molecule has 0 atom stereocenters. The standard InChI is InChI=1S/C15H21N5/c1-2-20-13(7-9-18-20)12-17-14-6-5-8-16-15(14)19-10-3-4-11-19/h5-9,17H,2-4,10-12H2,1H3. The van der Waals surface area contributed by atoms with Crippen LogP contribution in [-0.4, -0.2) is 27.9 Å². The molecule has 0 spiro atoms.